The third kappa shape index (κ3) is 8.07. The second-order valence-corrected chi connectivity index (χ2v) is 9.86. The fourth-order valence-electron chi connectivity index (χ4n) is 4.72. The predicted octanol–water partition coefficient (Wildman–Crippen LogP) is 7.19. The van der Waals surface area contributed by atoms with Crippen molar-refractivity contribution in [3.05, 3.63) is 132 Å². The highest BCUT2D eigenvalue weighted by Crippen LogP contribution is 2.24. The summed E-state index contributed by atoms with van der Waals surface area (Å²) in [5.41, 5.74) is 6.74. The molecule has 5 rings (SSSR count). The SMILES string of the molecule is COc1cccc(COCCOCc2ccc(N(Cc3cccc(OC)c3)Cc3ccc4cccnc4c3)cc2)c1. The van der Waals surface area contributed by atoms with Gasteiger partial charge in [0.25, 0.3) is 0 Å². The Hall–Kier alpha value is -4.39. The highest BCUT2D eigenvalue weighted by Gasteiger charge is 2.11. The van der Waals surface area contributed by atoms with Crippen LogP contribution in [0.4, 0.5) is 5.69 Å². The minimum atomic E-state index is 0.531. The minimum absolute atomic E-state index is 0.531. The lowest BCUT2D eigenvalue weighted by Gasteiger charge is -2.26. The molecule has 0 spiro atoms. The molecule has 0 aliphatic heterocycles. The third-order valence-corrected chi connectivity index (χ3v) is 6.90. The van der Waals surface area contributed by atoms with Crippen LogP contribution in [0, 0.1) is 0 Å². The van der Waals surface area contributed by atoms with E-state index in [9.17, 15) is 0 Å². The van der Waals surface area contributed by atoms with Crippen molar-refractivity contribution in [2.24, 2.45) is 0 Å². The van der Waals surface area contributed by atoms with E-state index in [4.69, 9.17) is 18.9 Å². The second kappa shape index (κ2) is 14.3. The van der Waals surface area contributed by atoms with Crippen LogP contribution in [0.1, 0.15) is 22.3 Å². The van der Waals surface area contributed by atoms with Crippen molar-refractivity contribution < 1.29 is 18.9 Å². The van der Waals surface area contributed by atoms with Crippen LogP contribution >= 0.6 is 0 Å². The first-order chi connectivity index (χ1) is 20.2. The van der Waals surface area contributed by atoms with E-state index in [2.05, 4.69) is 70.5 Å². The molecule has 0 N–H and O–H groups in total. The largest absolute Gasteiger partial charge is 0.497 e. The molecule has 6 heteroatoms. The minimum Gasteiger partial charge on any atom is -0.497 e. The molecule has 0 saturated heterocycles. The molecule has 0 atom stereocenters. The standard InChI is InChI=1S/C35H36N2O4/c1-38-33-9-3-6-28(20-33)23-37(24-29-11-14-31-8-5-17-36-35(31)22-29)32-15-12-27(13-16-32)25-40-18-19-41-26-30-7-4-10-34(21-30)39-2/h3-17,20-22H,18-19,23-26H2,1-2H3. The van der Waals surface area contributed by atoms with Crippen LogP contribution in [-0.4, -0.2) is 32.4 Å². The van der Waals surface area contributed by atoms with Gasteiger partial charge in [0, 0.05) is 30.4 Å². The van der Waals surface area contributed by atoms with E-state index >= 15 is 0 Å². The molecule has 0 radical (unpaired) electrons. The summed E-state index contributed by atoms with van der Waals surface area (Å²) in [6, 6.07) is 35.3. The first-order valence-electron chi connectivity index (χ1n) is 13.8. The third-order valence-electron chi connectivity index (χ3n) is 6.90. The Bertz CT molecular complexity index is 1540. The fraction of sp³-hybridized carbons (Fsp3) is 0.229. The molecule has 0 unspecified atom stereocenters. The van der Waals surface area contributed by atoms with Crippen molar-refractivity contribution in [1.29, 1.82) is 0 Å². The van der Waals surface area contributed by atoms with Gasteiger partial charge in [0.1, 0.15) is 11.5 Å². The normalized spacial score (nSPS) is 11.0. The number of aromatic nitrogens is 1. The number of anilines is 1. The molecule has 0 amide bonds. The monoisotopic (exact) mass is 548 g/mol. The van der Waals surface area contributed by atoms with E-state index in [1.54, 1.807) is 14.2 Å². The molecule has 5 aromatic rings. The molecule has 4 aromatic carbocycles. The van der Waals surface area contributed by atoms with Gasteiger partial charge in [-0.2, -0.15) is 0 Å². The first kappa shape index (κ1) is 28.1. The van der Waals surface area contributed by atoms with E-state index in [0.717, 1.165) is 52.3 Å². The summed E-state index contributed by atoms with van der Waals surface area (Å²) in [6.07, 6.45) is 1.84. The van der Waals surface area contributed by atoms with E-state index in [1.807, 2.05) is 48.7 Å². The zero-order valence-corrected chi connectivity index (χ0v) is 23.7. The molecule has 0 bridgehead atoms. The Morgan fingerprint density at radius 2 is 1.20 bits per heavy atom. The van der Waals surface area contributed by atoms with Gasteiger partial charge in [-0.05, 0) is 70.8 Å². The Kier molecular flexibility index (Phi) is 9.82. The number of hydrogen-bond acceptors (Lipinski definition) is 6. The van der Waals surface area contributed by atoms with Gasteiger partial charge in [-0.25, -0.2) is 0 Å². The number of fused-ring (bicyclic) bond motifs is 1. The van der Waals surface area contributed by atoms with Gasteiger partial charge in [-0.1, -0.05) is 54.6 Å². The van der Waals surface area contributed by atoms with Crippen molar-refractivity contribution in [3.8, 4) is 11.5 Å². The summed E-state index contributed by atoms with van der Waals surface area (Å²) in [7, 11) is 3.37. The lowest BCUT2D eigenvalue weighted by Crippen LogP contribution is -2.22. The van der Waals surface area contributed by atoms with Crippen LogP contribution in [0.25, 0.3) is 10.9 Å². The van der Waals surface area contributed by atoms with Crippen LogP contribution in [-0.2, 0) is 35.8 Å². The second-order valence-electron chi connectivity index (χ2n) is 9.86. The van der Waals surface area contributed by atoms with Gasteiger partial charge in [-0.3, -0.25) is 4.98 Å². The number of nitrogens with zero attached hydrogens (tertiary/aromatic N) is 2. The van der Waals surface area contributed by atoms with Crippen molar-refractivity contribution in [3.63, 3.8) is 0 Å². The van der Waals surface area contributed by atoms with Gasteiger partial charge in [0.15, 0.2) is 0 Å². The molecule has 0 fully saturated rings. The summed E-state index contributed by atoms with van der Waals surface area (Å²) in [5.74, 6) is 1.69. The summed E-state index contributed by atoms with van der Waals surface area (Å²) in [5, 5.41) is 1.14. The van der Waals surface area contributed by atoms with E-state index < -0.39 is 0 Å². The molecule has 210 valence electrons. The van der Waals surface area contributed by atoms with Crippen molar-refractivity contribution in [2.45, 2.75) is 26.3 Å². The van der Waals surface area contributed by atoms with Crippen LogP contribution < -0.4 is 14.4 Å². The van der Waals surface area contributed by atoms with E-state index in [0.29, 0.717) is 26.4 Å². The van der Waals surface area contributed by atoms with Crippen molar-refractivity contribution in [1.82, 2.24) is 4.98 Å². The predicted molar refractivity (Wildman–Crippen MR) is 163 cm³/mol. The Labute approximate surface area is 242 Å². The zero-order chi connectivity index (χ0) is 28.3. The number of methoxy groups -OCH3 is 2. The molecule has 41 heavy (non-hydrogen) atoms. The maximum absolute atomic E-state index is 5.88. The van der Waals surface area contributed by atoms with Crippen molar-refractivity contribution >= 4 is 16.6 Å². The van der Waals surface area contributed by atoms with Gasteiger partial charge >= 0.3 is 0 Å². The summed E-state index contributed by atoms with van der Waals surface area (Å²) >= 11 is 0. The topological polar surface area (TPSA) is 53.0 Å². The highest BCUT2D eigenvalue weighted by atomic mass is 16.5. The van der Waals surface area contributed by atoms with Crippen LogP contribution in [0.15, 0.2) is 109 Å². The maximum atomic E-state index is 5.88. The molecule has 1 aromatic heterocycles. The summed E-state index contributed by atoms with van der Waals surface area (Å²) in [4.78, 5) is 6.92. The lowest BCUT2D eigenvalue weighted by molar-refractivity contribution is 0.0338. The lowest BCUT2D eigenvalue weighted by atomic mass is 10.1. The number of pyridine rings is 1. The highest BCUT2D eigenvalue weighted by molar-refractivity contribution is 5.79. The quantitative estimate of drug-likeness (QED) is 0.137. The average Bonchev–Trinajstić information content (AvgIpc) is 3.03. The number of benzene rings is 4. The maximum Gasteiger partial charge on any atom is 0.119 e. The Morgan fingerprint density at radius 1 is 0.585 bits per heavy atom. The Morgan fingerprint density at radius 3 is 1.90 bits per heavy atom. The molecule has 0 aliphatic carbocycles. The Balaban J connectivity index is 1.19. The summed E-state index contributed by atoms with van der Waals surface area (Å²) < 4.78 is 22.4. The molecule has 6 nitrogen and oxygen atoms in total. The molecular weight excluding hydrogens is 512 g/mol. The number of rotatable bonds is 14. The smallest absolute Gasteiger partial charge is 0.119 e. The number of hydrogen-bond donors (Lipinski definition) is 0. The van der Waals surface area contributed by atoms with E-state index in [-0.39, 0.29) is 0 Å². The van der Waals surface area contributed by atoms with Gasteiger partial charge in [0.05, 0.1) is 46.2 Å². The molecular formula is C35H36N2O4. The summed E-state index contributed by atoms with van der Waals surface area (Å²) in [6.45, 7) is 3.64. The van der Waals surface area contributed by atoms with Crippen LogP contribution in [0.2, 0.25) is 0 Å². The van der Waals surface area contributed by atoms with Crippen LogP contribution in [0.5, 0.6) is 11.5 Å². The molecule has 1 heterocycles. The van der Waals surface area contributed by atoms with Gasteiger partial charge < -0.3 is 23.8 Å². The van der Waals surface area contributed by atoms with Crippen molar-refractivity contribution in [2.75, 3.05) is 32.3 Å². The fourth-order valence-corrected chi connectivity index (χ4v) is 4.72. The molecule has 0 saturated carbocycles. The van der Waals surface area contributed by atoms with Crippen LogP contribution in [0.3, 0.4) is 0 Å². The van der Waals surface area contributed by atoms with Gasteiger partial charge in [0.2, 0.25) is 0 Å². The first-order valence-corrected chi connectivity index (χ1v) is 13.8. The van der Waals surface area contributed by atoms with Gasteiger partial charge in [-0.15, -0.1) is 0 Å². The van der Waals surface area contributed by atoms with E-state index in [1.165, 1.54) is 11.1 Å². The molecule has 0 aliphatic rings. The number of ether oxygens (including phenoxy) is 4. The zero-order valence-electron chi connectivity index (χ0n) is 23.7. The average molecular weight is 549 g/mol.